The second-order valence-electron chi connectivity index (χ2n) is 10.2. The molecule has 0 bridgehead atoms. The van der Waals surface area contributed by atoms with Crippen molar-refractivity contribution in [3.63, 3.8) is 0 Å². The number of carbonyl (C=O) groups is 2. The number of benzene rings is 3. The summed E-state index contributed by atoms with van der Waals surface area (Å²) >= 11 is 0. The molecule has 0 spiro atoms. The molecule has 3 aromatic carbocycles. The monoisotopic (exact) mass is 621 g/mol. The number of amides is 2. The fourth-order valence-electron chi connectivity index (χ4n) is 4.58. The molecule has 1 saturated carbocycles. The van der Waals surface area contributed by atoms with Crippen LogP contribution in [0.1, 0.15) is 35.6 Å². The number of halogens is 1. The molecule has 1 fully saturated rings. The lowest BCUT2D eigenvalue weighted by Crippen LogP contribution is -2.34. The Bertz CT molecular complexity index is 1790. The van der Waals surface area contributed by atoms with E-state index in [4.69, 9.17) is 9.47 Å². The van der Waals surface area contributed by atoms with Gasteiger partial charge in [-0.15, -0.1) is 0 Å². The molecule has 0 aliphatic heterocycles. The summed E-state index contributed by atoms with van der Waals surface area (Å²) < 4.78 is 56.0. The largest absolute Gasteiger partial charge is 0.497 e. The van der Waals surface area contributed by atoms with E-state index in [-0.39, 0.29) is 29.1 Å². The fraction of sp³-hybridized carbons (Fsp3) is 0.258. The summed E-state index contributed by atoms with van der Waals surface area (Å²) in [7, 11) is -1.15. The zero-order chi connectivity index (χ0) is 31.3. The summed E-state index contributed by atoms with van der Waals surface area (Å²) in [6, 6.07) is 17.2. The number of rotatable bonds is 13. The van der Waals surface area contributed by atoms with Crippen LogP contribution in [0.3, 0.4) is 0 Å². The van der Waals surface area contributed by atoms with E-state index >= 15 is 0 Å². The van der Waals surface area contributed by atoms with Crippen molar-refractivity contribution in [2.24, 2.45) is 0 Å². The zero-order valence-corrected chi connectivity index (χ0v) is 25.0. The van der Waals surface area contributed by atoms with Gasteiger partial charge in [0.2, 0.25) is 21.8 Å². The van der Waals surface area contributed by atoms with Crippen LogP contribution < -0.4 is 24.8 Å². The Morgan fingerprint density at radius 1 is 0.977 bits per heavy atom. The molecule has 5 rings (SSSR count). The van der Waals surface area contributed by atoms with Crippen molar-refractivity contribution in [2.75, 3.05) is 26.1 Å². The molecule has 230 valence electrons. The third kappa shape index (κ3) is 7.41. The maximum atomic E-state index is 13.9. The molecule has 0 radical (unpaired) electrons. The molecule has 1 aliphatic rings. The van der Waals surface area contributed by atoms with Crippen molar-refractivity contribution in [2.45, 2.75) is 36.6 Å². The van der Waals surface area contributed by atoms with E-state index in [9.17, 15) is 22.4 Å². The predicted molar refractivity (Wildman–Crippen MR) is 161 cm³/mol. The van der Waals surface area contributed by atoms with Gasteiger partial charge in [0.15, 0.2) is 0 Å². The smallest absolute Gasteiger partial charge is 0.243 e. The first-order valence-corrected chi connectivity index (χ1v) is 15.4. The van der Waals surface area contributed by atoms with E-state index in [1.165, 1.54) is 43.2 Å². The molecular weight excluding hydrogens is 589 g/mol. The lowest BCUT2D eigenvalue weighted by molar-refractivity contribution is -0.123. The van der Waals surface area contributed by atoms with Crippen LogP contribution in [0.15, 0.2) is 77.8 Å². The van der Waals surface area contributed by atoms with Crippen LogP contribution >= 0.6 is 0 Å². The van der Waals surface area contributed by atoms with Crippen LogP contribution in [0.25, 0.3) is 5.69 Å². The number of ether oxygens (including phenoxy) is 2. The lowest BCUT2D eigenvalue weighted by Gasteiger charge is -2.15. The Morgan fingerprint density at radius 2 is 1.77 bits per heavy atom. The average molecular weight is 622 g/mol. The summed E-state index contributed by atoms with van der Waals surface area (Å²) in [6.07, 6.45) is 3.55. The number of carbonyl (C=O) groups excluding carboxylic acids is 2. The summed E-state index contributed by atoms with van der Waals surface area (Å²) in [5.74, 6) is -0.258. The Morgan fingerprint density at radius 3 is 2.50 bits per heavy atom. The number of nitrogens with zero attached hydrogens (tertiary/aromatic N) is 2. The second-order valence-corrected chi connectivity index (χ2v) is 12.0. The first-order valence-electron chi connectivity index (χ1n) is 13.9. The van der Waals surface area contributed by atoms with Gasteiger partial charge >= 0.3 is 0 Å². The molecule has 1 heterocycles. The van der Waals surface area contributed by atoms with Gasteiger partial charge in [0, 0.05) is 36.0 Å². The van der Waals surface area contributed by atoms with Crippen molar-refractivity contribution in [1.82, 2.24) is 19.8 Å². The van der Waals surface area contributed by atoms with Gasteiger partial charge in [0.25, 0.3) is 0 Å². The third-order valence-corrected chi connectivity index (χ3v) is 8.52. The fourth-order valence-corrected chi connectivity index (χ4v) is 5.80. The molecule has 44 heavy (non-hydrogen) atoms. The Balaban J connectivity index is 1.34. The summed E-state index contributed by atoms with van der Waals surface area (Å²) in [5, 5.41) is 9.66. The first-order chi connectivity index (χ1) is 21.2. The Labute approximate surface area is 254 Å². The molecule has 11 nitrogen and oxygen atoms in total. The maximum absolute atomic E-state index is 13.9. The van der Waals surface area contributed by atoms with Crippen LogP contribution in [0.4, 0.5) is 10.1 Å². The number of nitrogens with one attached hydrogen (secondary N) is 3. The van der Waals surface area contributed by atoms with Crippen molar-refractivity contribution >= 4 is 27.5 Å². The highest BCUT2D eigenvalue weighted by Gasteiger charge is 2.27. The summed E-state index contributed by atoms with van der Waals surface area (Å²) in [4.78, 5) is 24.8. The second kappa shape index (κ2) is 13.3. The number of hydrogen-bond donors (Lipinski definition) is 3. The molecule has 2 amide bonds. The van der Waals surface area contributed by atoms with E-state index in [1.54, 1.807) is 42.6 Å². The normalized spacial score (nSPS) is 12.9. The molecule has 0 atom stereocenters. The summed E-state index contributed by atoms with van der Waals surface area (Å²) in [5.41, 5.74) is 2.16. The third-order valence-electron chi connectivity index (χ3n) is 7.09. The van der Waals surface area contributed by atoms with Crippen LogP contribution in [0, 0.1) is 5.82 Å². The van der Waals surface area contributed by atoms with Gasteiger partial charge in [-0.1, -0.05) is 24.3 Å². The van der Waals surface area contributed by atoms with Crippen LogP contribution in [-0.2, 0) is 32.6 Å². The van der Waals surface area contributed by atoms with Gasteiger partial charge < -0.3 is 20.1 Å². The quantitative estimate of drug-likeness (QED) is 0.207. The van der Waals surface area contributed by atoms with Crippen molar-refractivity contribution in [3.05, 3.63) is 95.6 Å². The van der Waals surface area contributed by atoms with E-state index in [0.29, 0.717) is 28.7 Å². The highest BCUT2D eigenvalue weighted by molar-refractivity contribution is 7.89. The number of methoxy groups -OCH3 is 2. The molecule has 13 heteroatoms. The van der Waals surface area contributed by atoms with Gasteiger partial charge in [-0.05, 0) is 54.8 Å². The zero-order valence-electron chi connectivity index (χ0n) is 24.2. The van der Waals surface area contributed by atoms with Crippen LogP contribution in [-0.4, -0.2) is 50.8 Å². The minimum atomic E-state index is -4.15. The lowest BCUT2D eigenvalue weighted by atomic mass is 10.1. The molecule has 1 aliphatic carbocycles. The number of hydrogen-bond acceptors (Lipinski definition) is 7. The standard InChI is InChI=1S/C31H32FN5O6S/c1-42-24-11-9-22(28(17-24)43-2)18-34-44(40,41)29-16-23(10-12-27(29)37-14-13-26(36-37)20-7-8-20)35-31(39)19-33-30(38)15-21-5-3-4-6-25(21)32/h3-6,9-14,16-17,20,34H,7-8,15,18-19H2,1-2H3,(H,33,38)(H,35,39). The minimum Gasteiger partial charge on any atom is -0.497 e. The van der Waals surface area contributed by atoms with E-state index in [1.807, 2.05) is 6.07 Å². The van der Waals surface area contributed by atoms with Crippen molar-refractivity contribution in [3.8, 4) is 17.2 Å². The van der Waals surface area contributed by atoms with Gasteiger partial charge in [-0.2, -0.15) is 5.10 Å². The average Bonchev–Trinajstić information content (AvgIpc) is 3.76. The van der Waals surface area contributed by atoms with Gasteiger partial charge in [0.1, 0.15) is 22.2 Å². The maximum Gasteiger partial charge on any atom is 0.243 e. The topological polar surface area (TPSA) is 141 Å². The molecule has 0 saturated heterocycles. The van der Waals surface area contributed by atoms with Crippen LogP contribution in [0.5, 0.6) is 11.5 Å². The molecular formula is C31H32FN5O6S. The highest BCUT2D eigenvalue weighted by Crippen LogP contribution is 2.39. The highest BCUT2D eigenvalue weighted by atomic mass is 32.2. The van der Waals surface area contributed by atoms with Crippen molar-refractivity contribution in [1.29, 1.82) is 0 Å². The molecule has 0 unspecified atom stereocenters. The van der Waals surface area contributed by atoms with Gasteiger partial charge in [-0.25, -0.2) is 22.2 Å². The van der Waals surface area contributed by atoms with Crippen LogP contribution in [0.2, 0.25) is 0 Å². The first kappa shape index (κ1) is 30.7. The van der Waals surface area contributed by atoms with Crippen molar-refractivity contribution < 1.29 is 31.9 Å². The summed E-state index contributed by atoms with van der Waals surface area (Å²) in [6.45, 7) is -0.470. The van der Waals surface area contributed by atoms with Gasteiger partial charge in [0.05, 0.1) is 38.6 Å². The number of sulfonamides is 1. The Kier molecular flexibility index (Phi) is 9.26. The minimum absolute atomic E-state index is 0.0774. The van der Waals surface area contributed by atoms with E-state index in [2.05, 4.69) is 20.5 Å². The molecule has 1 aromatic heterocycles. The molecule has 3 N–H and O–H groups in total. The Hall–Kier alpha value is -4.75. The number of anilines is 1. The molecule has 4 aromatic rings. The number of aromatic nitrogens is 2. The van der Waals surface area contributed by atoms with E-state index < -0.39 is 34.2 Å². The SMILES string of the molecule is COc1ccc(CNS(=O)(=O)c2cc(NC(=O)CNC(=O)Cc3ccccc3F)ccc2-n2ccc(C3CC3)n2)c(OC)c1. The van der Waals surface area contributed by atoms with Gasteiger partial charge in [-0.3, -0.25) is 9.59 Å². The predicted octanol–water partition coefficient (Wildman–Crippen LogP) is 3.68. The van der Waals surface area contributed by atoms with E-state index in [0.717, 1.165) is 18.5 Å².